The highest BCUT2D eigenvalue weighted by atomic mass is 32.2. The number of hydrogen-bond donors (Lipinski definition) is 1. The van der Waals surface area contributed by atoms with E-state index in [1.54, 1.807) is 0 Å². The number of sulfone groups is 1. The minimum absolute atomic E-state index is 0.119. The predicted octanol–water partition coefficient (Wildman–Crippen LogP) is 2.04. The van der Waals surface area contributed by atoms with Crippen molar-refractivity contribution in [2.75, 3.05) is 6.26 Å². The highest BCUT2D eigenvalue weighted by Crippen LogP contribution is 2.28. The topological polar surface area (TPSA) is 67.5 Å². The molecule has 1 N–H and O–H groups in total. The predicted molar refractivity (Wildman–Crippen MR) is 65.4 cm³/mol. The number of hydrogen-bond acceptors (Lipinski definition) is 4. The molecule has 0 bridgehead atoms. The van der Waals surface area contributed by atoms with Crippen molar-refractivity contribution in [2.45, 2.75) is 18.3 Å². The van der Waals surface area contributed by atoms with Crippen molar-refractivity contribution in [1.82, 2.24) is 0 Å². The molecule has 0 amide bonds. The third-order valence-electron chi connectivity index (χ3n) is 2.91. The minimum atomic E-state index is -3.38. The van der Waals surface area contributed by atoms with Crippen LogP contribution in [0.2, 0.25) is 0 Å². The number of rotatable bonds is 3. The van der Waals surface area contributed by atoms with Gasteiger partial charge in [-0.3, -0.25) is 0 Å². The first kappa shape index (κ1) is 13.0. The van der Waals surface area contributed by atoms with Gasteiger partial charge < -0.3 is 9.52 Å². The lowest BCUT2D eigenvalue weighted by molar-refractivity contribution is 0.151. The Morgan fingerprint density at radius 2 is 2.00 bits per heavy atom. The summed E-state index contributed by atoms with van der Waals surface area (Å²) in [5, 5.41) is 9.44. The standard InChI is InChI=1S/C12H13FO4S/c1-7(18(2,15)16)12(14)11-6-8-5-9(13)3-4-10(8)17-11/h3-7,12,14H,1-2H3. The zero-order valence-electron chi connectivity index (χ0n) is 9.92. The Morgan fingerprint density at radius 1 is 1.33 bits per heavy atom. The van der Waals surface area contributed by atoms with Crippen LogP contribution in [0.5, 0.6) is 0 Å². The maximum Gasteiger partial charge on any atom is 0.153 e. The van der Waals surface area contributed by atoms with Gasteiger partial charge in [-0.2, -0.15) is 0 Å². The lowest BCUT2D eigenvalue weighted by Gasteiger charge is -2.14. The second-order valence-corrected chi connectivity index (χ2v) is 6.71. The summed E-state index contributed by atoms with van der Waals surface area (Å²) >= 11 is 0. The van der Waals surface area contributed by atoms with Gasteiger partial charge >= 0.3 is 0 Å². The maximum atomic E-state index is 13.0. The highest BCUT2D eigenvalue weighted by Gasteiger charge is 2.28. The van der Waals surface area contributed by atoms with Crippen molar-refractivity contribution >= 4 is 20.8 Å². The Morgan fingerprint density at radius 3 is 2.61 bits per heavy atom. The van der Waals surface area contributed by atoms with Gasteiger partial charge in [0, 0.05) is 11.6 Å². The summed E-state index contributed by atoms with van der Waals surface area (Å²) in [4.78, 5) is 0. The zero-order chi connectivity index (χ0) is 13.5. The summed E-state index contributed by atoms with van der Waals surface area (Å²) in [6.45, 7) is 1.40. The molecular weight excluding hydrogens is 259 g/mol. The van der Waals surface area contributed by atoms with Crippen LogP contribution in [0.3, 0.4) is 0 Å². The Balaban J connectivity index is 2.42. The molecule has 2 aromatic rings. The second kappa shape index (κ2) is 4.37. The fourth-order valence-electron chi connectivity index (χ4n) is 1.65. The molecule has 0 saturated carbocycles. The molecule has 2 rings (SSSR count). The van der Waals surface area contributed by atoms with Crippen molar-refractivity contribution in [1.29, 1.82) is 0 Å². The van der Waals surface area contributed by atoms with Crippen molar-refractivity contribution in [3.8, 4) is 0 Å². The molecule has 0 aliphatic heterocycles. The Labute approximate surface area is 104 Å². The van der Waals surface area contributed by atoms with Crippen LogP contribution in [0.1, 0.15) is 18.8 Å². The van der Waals surface area contributed by atoms with Crippen LogP contribution in [0.25, 0.3) is 11.0 Å². The van der Waals surface area contributed by atoms with Gasteiger partial charge in [-0.1, -0.05) is 0 Å². The van der Waals surface area contributed by atoms with E-state index in [0.717, 1.165) is 6.26 Å². The lowest BCUT2D eigenvalue weighted by atomic mass is 10.2. The third kappa shape index (κ3) is 2.39. The molecule has 4 nitrogen and oxygen atoms in total. The summed E-state index contributed by atoms with van der Waals surface area (Å²) in [6, 6.07) is 5.39. The molecule has 18 heavy (non-hydrogen) atoms. The van der Waals surface area contributed by atoms with E-state index in [-0.39, 0.29) is 5.76 Å². The van der Waals surface area contributed by atoms with E-state index in [4.69, 9.17) is 4.42 Å². The number of furan rings is 1. The van der Waals surface area contributed by atoms with Crippen LogP contribution in [-0.4, -0.2) is 25.0 Å². The van der Waals surface area contributed by atoms with Gasteiger partial charge in [-0.25, -0.2) is 12.8 Å². The molecule has 98 valence electrons. The smallest absolute Gasteiger partial charge is 0.153 e. The van der Waals surface area contributed by atoms with E-state index in [1.165, 1.54) is 31.2 Å². The minimum Gasteiger partial charge on any atom is -0.458 e. The first-order valence-electron chi connectivity index (χ1n) is 5.35. The van der Waals surface area contributed by atoms with E-state index < -0.39 is 27.0 Å². The molecule has 1 aromatic carbocycles. The molecule has 2 atom stereocenters. The van der Waals surface area contributed by atoms with Crippen molar-refractivity contribution in [3.05, 3.63) is 35.8 Å². The number of aliphatic hydroxyl groups is 1. The van der Waals surface area contributed by atoms with Gasteiger partial charge in [-0.05, 0) is 31.2 Å². The van der Waals surface area contributed by atoms with Crippen LogP contribution in [0.15, 0.2) is 28.7 Å². The van der Waals surface area contributed by atoms with E-state index in [0.29, 0.717) is 11.0 Å². The van der Waals surface area contributed by atoms with Crippen molar-refractivity contribution < 1.29 is 22.3 Å². The molecule has 0 aliphatic carbocycles. The second-order valence-electron chi connectivity index (χ2n) is 4.31. The summed E-state index contributed by atoms with van der Waals surface area (Å²) in [5.41, 5.74) is 0.408. The monoisotopic (exact) mass is 272 g/mol. The van der Waals surface area contributed by atoms with Gasteiger partial charge in [0.05, 0.1) is 5.25 Å². The fraction of sp³-hybridized carbons (Fsp3) is 0.333. The molecule has 2 unspecified atom stereocenters. The average molecular weight is 272 g/mol. The van der Waals surface area contributed by atoms with Crippen LogP contribution in [0.4, 0.5) is 4.39 Å². The average Bonchev–Trinajstić information content (AvgIpc) is 2.68. The van der Waals surface area contributed by atoms with Crippen LogP contribution >= 0.6 is 0 Å². The first-order chi connectivity index (χ1) is 8.29. The van der Waals surface area contributed by atoms with Crippen LogP contribution < -0.4 is 0 Å². The number of benzene rings is 1. The largest absolute Gasteiger partial charge is 0.458 e. The molecule has 0 radical (unpaired) electrons. The molecule has 0 fully saturated rings. The van der Waals surface area contributed by atoms with Gasteiger partial charge in [0.25, 0.3) is 0 Å². The van der Waals surface area contributed by atoms with E-state index in [9.17, 15) is 17.9 Å². The van der Waals surface area contributed by atoms with Crippen LogP contribution in [0, 0.1) is 5.82 Å². The summed E-state index contributed by atoms with van der Waals surface area (Å²) in [7, 11) is -3.38. The maximum absolute atomic E-state index is 13.0. The molecular formula is C12H13FO4S. The lowest BCUT2D eigenvalue weighted by Crippen LogP contribution is -2.23. The van der Waals surface area contributed by atoms with Gasteiger partial charge in [-0.15, -0.1) is 0 Å². The molecule has 0 saturated heterocycles. The van der Waals surface area contributed by atoms with Gasteiger partial charge in [0.1, 0.15) is 23.3 Å². The van der Waals surface area contributed by atoms with Gasteiger partial charge in [0.15, 0.2) is 9.84 Å². The molecule has 0 aliphatic rings. The summed E-state index contributed by atoms with van der Waals surface area (Å²) in [5.74, 6) is -0.297. The summed E-state index contributed by atoms with van der Waals surface area (Å²) in [6.07, 6.45) is -0.223. The fourth-order valence-corrected chi connectivity index (χ4v) is 2.25. The Hall–Kier alpha value is -1.40. The first-order valence-corrected chi connectivity index (χ1v) is 7.30. The SMILES string of the molecule is CC(C(O)c1cc2cc(F)ccc2o1)S(C)(=O)=O. The quantitative estimate of drug-likeness (QED) is 0.928. The van der Waals surface area contributed by atoms with Crippen LogP contribution in [-0.2, 0) is 9.84 Å². The zero-order valence-corrected chi connectivity index (χ0v) is 10.7. The van der Waals surface area contributed by atoms with Crippen molar-refractivity contribution in [2.24, 2.45) is 0 Å². The van der Waals surface area contributed by atoms with Crippen molar-refractivity contribution in [3.63, 3.8) is 0 Å². The van der Waals surface area contributed by atoms with Gasteiger partial charge in [0.2, 0.25) is 0 Å². The van der Waals surface area contributed by atoms with E-state index in [2.05, 4.69) is 0 Å². The Bertz CT molecular complexity index is 674. The van der Waals surface area contributed by atoms with E-state index in [1.807, 2.05) is 0 Å². The molecule has 1 aromatic heterocycles. The normalized spacial score (nSPS) is 15.8. The third-order valence-corrected chi connectivity index (χ3v) is 4.52. The number of aliphatic hydroxyl groups excluding tert-OH is 1. The molecule has 6 heteroatoms. The summed E-state index contributed by atoms with van der Waals surface area (Å²) < 4.78 is 41.0. The molecule has 0 spiro atoms. The Kier molecular flexibility index (Phi) is 3.16. The number of halogens is 1. The number of fused-ring (bicyclic) bond motifs is 1. The molecule has 1 heterocycles. The highest BCUT2D eigenvalue weighted by molar-refractivity contribution is 7.91. The van der Waals surface area contributed by atoms with E-state index >= 15 is 0 Å².